The van der Waals surface area contributed by atoms with Crippen LogP contribution in [0.4, 0.5) is 13.2 Å². The van der Waals surface area contributed by atoms with Crippen LogP contribution in [0.3, 0.4) is 0 Å². The lowest BCUT2D eigenvalue weighted by Gasteiger charge is -2.49. The summed E-state index contributed by atoms with van der Waals surface area (Å²) in [6.45, 7) is 1.66. The Bertz CT molecular complexity index is 1040. The number of nitrogens with one attached hydrogen (secondary N) is 1. The first-order valence-corrected chi connectivity index (χ1v) is 10.8. The minimum Gasteiger partial charge on any atom is -0.477 e. The first-order valence-electron chi connectivity index (χ1n) is 8.95. The highest BCUT2D eigenvalue weighted by Crippen LogP contribution is 2.40. The van der Waals surface area contributed by atoms with E-state index in [2.05, 4.69) is 26.3 Å². The fraction of sp³-hybridized carbons (Fsp3) is 0.471. The van der Waals surface area contributed by atoms with Crippen molar-refractivity contribution >= 4 is 51.4 Å². The van der Waals surface area contributed by atoms with Crippen LogP contribution >= 0.6 is 27.7 Å². The van der Waals surface area contributed by atoms with Gasteiger partial charge >= 0.3 is 18.1 Å². The number of amides is 2. The number of halogens is 4. The molecule has 1 saturated heterocycles. The Morgan fingerprint density at radius 2 is 2.03 bits per heavy atom. The molecule has 0 saturated carbocycles. The van der Waals surface area contributed by atoms with Gasteiger partial charge in [-0.1, -0.05) is 0 Å². The van der Waals surface area contributed by atoms with Gasteiger partial charge in [-0.3, -0.25) is 24.0 Å². The summed E-state index contributed by atoms with van der Waals surface area (Å²) in [5, 5.41) is 14.6. The number of thioether (sulfide) groups is 1. The van der Waals surface area contributed by atoms with Crippen molar-refractivity contribution < 1.29 is 42.2 Å². The molecule has 2 aliphatic heterocycles. The lowest BCUT2D eigenvalue weighted by molar-refractivity contribution is -0.151. The summed E-state index contributed by atoms with van der Waals surface area (Å²) >= 11 is 3.98. The van der Waals surface area contributed by atoms with Crippen molar-refractivity contribution in [2.24, 2.45) is 0 Å². The number of alkyl halides is 3. The smallest absolute Gasteiger partial charge is 0.436 e. The molecule has 2 atom stereocenters. The first-order chi connectivity index (χ1) is 14.8. The van der Waals surface area contributed by atoms with Gasteiger partial charge in [-0.25, -0.2) is 4.79 Å². The second kappa shape index (κ2) is 8.77. The number of ether oxygens (including phenoxy) is 1. The summed E-state index contributed by atoms with van der Waals surface area (Å²) in [6.07, 6.45) is -4.71. The second-order valence-electron chi connectivity index (χ2n) is 6.90. The van der Waals surface area contributed by atoms with E-state index < -0.39 is 53.6 Å². The largest absolute Gasteiger partial charge is 0.477 e. The lowest BCUT2D eigenvalue weighted by Crippen LogP contribution is -2.70. The molecule has 15 heteroatoms. The number of hydrogen-bond acceptors (Lipinski definition) is 7. The maximum Gasteiger partial charge on any atom is 0.436 e. The number of carbonyl (C=O) groups is 4. The standard InChI is InChI=1S/C17H16BrF3N4O6S/c1-6-10(18)13(17(19,20)21)23-24(6)3-9(27)22-11-14(28)25-12(16(29)30)8(4-31-7(2)26)5-32-15(11)25/h11,15H,3-5H2,1-2H3,(H,22,27)(H,29,30)/t11-,15+/m0/s1. The number of rotatable bonds is 6. The van der Waals surface area contributed by atoms with Crippen molar-refractivity contribution in [2.75, 3.05) is 12.4 Å². The van der Waals surface area contributed by atoms with Crippen molar-refractivity contribution in [2.45, 2.75) is 38.0 Å². The van der Waals surface area contributed by atoms with Crippen molar-refractivity contribution in [3.63, 3.8) is 0 Å². The van der Waals surface area contributed by atoms with Crippen molar-refractivity contribution in [3.8, 4) is 0 Å². The first kappa shape index (κ1) is 24.1. The number of β-lactam (4-membered cyclic amide) rings is 1. The normalized spacial score (nSPS) is 20.6. The number of esters is 1. The quantitative estimate of drug-likeness (QED) is 0.407. The summed E-state index contributed by atoms with van der Waals surface area (Å²) < 4.78 is 44.4. The third-order valence-corrected chi connectivity index (χ3v) is 7.00. The summed E-state index contributed by atoms with van der Waals surface area (Å²) in [7, 11) is 0. The van der Waals surface area contributed by atoms with Gasteiger partial charge in [0.25, 0.3) is 5.91 Å². The minimum atomic E-state index is -4.71. The van der Waals surface area contributed by atoms with E-state index in [1.54, 1.807) is 0 Å². The average molecular weight is 541 g/mol. The van der Waals surface area contributed by atoms with Crippen LogP contribution in [0, 0.1) is 6.92 Å². The SMILES string of the molecule is CC(=O)OCC1=C(C(=O)O)N2C(=O)[C@H](NC(=O)Cn3nc(C(F)(F)F)c(Br)c3C)[C@H]2SC1. The summed E-state index contributed by atoms with van der Waals surface area (Å²) in [6, 6.07) is -1.06. The van der Waals surface area contributed by atoms with E-state index in [-0.39, 0.29) is 33.8 Å². The molecule has 2 amide bonds. The number of fused-ring (bicyclic) bond motifs is 1. The topological polar surface area (TPSA) is 131 Å². The zero-order valence-corrected chi connectivity index (χ0v) is 18.9. The second-order valence-corrected chi connectivity index (χ2v) is 8.79. The van der Waals surface area contributed by atoms with E-state index in [4.69, 9.17) is 4.74 Å². The number of carboxylic acids is 1. The zero-order valence-electron chi connectivity index (χ0n) is 16.5. The molecule has 2 N–H and O–H groups in total. The highest BCUT2D eigenvalue weighted by molar-refractivity contribution is 9.10. The van der Waals surface area contributed by atoms with E-state index >= 15 is 0 Å². The van der Waals surface area contributed by atoms with Crippen LogP contribution in [0.1, 0.15) is 18.3 Å². The Balaban J connectivity index is 1.71. The number of aliphatic carboxylic acids is 1. The molecule has 2 aliphatic rings. The molecule has 3 rings (SSSR count). The van der Waals surface area contributed by atoms with Crippen LogP contribution in [0.25, 0.3) is 0 Å². The summed E-state index contributed by atoms with van der Waals surface area (Å²) in [5.74, 6) is -3.30. The summed E-state index contributed by atoms with van der Waals surface area (Å²) in [5.41, 5.74) is -1.17. The number of hydrogen-bond donors (Lipinski definition) is 2. The summed E-state index contributed by atoms with van der Waals surface area (Å²) in [4.78, 5) is 48.6. The van der Waals surface area contributed by atoms with Gasteiger partial charge in [0.05, 0.1) is 10.2 Å². The highest BCUT2D eigenvalue weighted by Gasteiger charge is 2.54. The molecule has 0 spiro atoms. The maximum absolute atomic E-state index is 13.0. The molecule has 0 aliphatic carbocycles. The van der Waals surface area contributed by atoms with Gasteiger partial charge in [-0.2, -0.15) is 18.3 Å². The van der Waals surface area contributed by atoms with E-state index in [9.17, 15) is 37.5 Å². The van der Waals surface area contributed by atoms with E-state index in [1.807, 2.05) is 0 Å². The van der Waals surface area contributed by atoms with Gasteiger partial charge in [0, 0.05) is 18.2 Å². The van der Waals surface area contributed by atoms with Crippen LogP contribution < -0.4 is 5.32 Å². The number of nitrogens with zero attached hydrogens (tertiary/aromatic N) is 3. The minimum absolute atomic E-state index is 0.0762. The molecular formula is C17H16BrF3N4O6S. The third kappa shape index (κ3) is 4.48. The van der Waals surface area contributed by atoms with Crippen LogP contribution in [0.15, 0.2) is 15.7 Å². The molecule has 0 radical (unpaired) electrons. The van der Waals surface area contributed by atoms with Crippen LogP contribution in [-0.2, 0) is 36.6 Å². The van der Waals surface area contributed by atoms with Gasteiger partial charge in [0.1, 0.15) is 30.3 Å². The zero-order chi connectivity index (χ0) is 24.0. The monoisotopic (exact) mass is 540 g/mol. The molecule has 0 unspecified atom stereocenters. The van der Waals surface area contributed by atoms with Gasteiger partial charge in [0.2, 0.25) is 5.91 Å². The Morgan fingerprint density at radius 1 is 1.38 bits per heavy atom. The Morgan fingerprint density at radius 3 is 2.56 bits per heavy atom. The fourth-order valence-corrected chi connectivity index (χ4v) is 5.03. The van der Waals surface area contributed by atoms with Crippen LogP contribution in [0.2, 0.25) is 0 Å². The molecule has 10 nitrogen and oxygen atoms in total. The van der Waals surface area contributed by atoms with Gasteiger partial charge in [0.15, 0.2) is 5.69 Å². The predicted molar refractivity (Wildman–Crippen MR) is 106 cm³/mol. The number of carbonyl (C=O) groups excluding carboxylic acids is 3. The Labute approximate surface area is 191 Å². The number of carboxylic acid groups (broad SMARTS) is 1. The average Bonchev–Trinajstić information content (AvgIpc) is 2.98. The molecular weight excluding hydrogens is 525 g/mol. The van der Waals surface area contributed by atoms with Crippen molar-refractivity contribution in [3.05, 3.63) is 27.1 Å². The molecule has 1 aromatic rings. The van der Waals surface area contributed by atoms with Crippen LogP contribution in [0.5, 0.6) is 0 Å². The Kier molecular flexibility index (Phi) is 6.60. The van der Waals surface area contributed by atoms with Crippen LogP contribution in [-0.4, -0.2) is 67.3 Å². The molecule has 174 valence electrons. The third-order valence-electron chi connectivity index (χ3n) is 4.71. The number of aromatic nitrogens is 2. The Hall–Kier alpha value is -2.55. The van der Waals surface area contributed by atoms with Gasteiger partial charge in [-0.05, 0) is 22.9 Å². The van der Waals surface area contributed by atoms with Crippen molar-refractivity contribution in [1.29, 1.82) is 0 Å². The predicted octanol–water partition coefficient (Wildman–Crippen LogP) is 1.27. The fourth-order valence-electron chi connectivity index (χ4n) is 3.20. The van der Waals surface area contributed by atoms with Crippen molar-refractivity contribution in [1.82, 2.24) is 20.0 Å². The van der Waals surface area contributed by atoms with E-state index in [1.165, 1.54) is 18.7 Å². The lowest BCUT2D eigenvalue weighted by atomic mass is 10.0. The molecule has 32 heavy (non-hydrogen) atoms. The van der Waals surface area contributed by atoms with E-state index in [0.29, 0.717) is 0 Å². The molecule has 1 aromatic heterocycles. The molecule has 0 aromatic carbocycles. The molecule has 1 fully saturated rings. The maximum atomic E-state index is 13.0. The highest BCUT2D eigenvalue weighted by atomic mass is 79.9. The van der Waals surface area contributed by atoms with E-state index in [0.717, 1.165) is 16.5 Å². The van der Waals surface area contributed by atoms with Gasteiger partial charge in [-0.15, -0.1) is 11.8 Å². The molecule has 0 bridgehead atoms. The van der Waals surface area contributed by atoms with Gasteiger partial charge < -0.3 is 15.2 Å². The molecule has 3 heterocycles.